The lowest BCUT2D eigenvalue weighted by atomic mass is 9.65. The summed E-state index contributed by atoms with van der Waals surface area (Å²) in [6, 6.07) is 29.5. The molecule has 73 heavy (non-hydrogen) atoms. The van der Waals surface area contributed by atoms with Gasteiger partial charge in [0.25, 0.3) is 0 Å². The summed E-state index contributed by atoms with van der Waals surface area (Å²) >= 11 is 0. The highest BCUT2D eigenvalue weighted by Gasteiger charge is 2.47. The van der Waals surface area contributed by atoms with Crippen LogP contribution < -0.4 is 10.1 Å². The van der Waals surface area contributed by atoms with E-state index in [1.807, 2.05) is 73.1 Å². The number of aromatic hydroxyl groups is 2. The van der Waals surface area contributed by atoms with E-state index in [0.717, 1.165) is 87.3 Å². The van der Waals surface area contributed by atoms with Crippen LogP contribution in [0.25, 0.3) is 12.2 Å². The molecule has 5 aliphatic rings. The second-order valence-electron chi connectivity index (χ2n) is 21.5. The van der Waals surface area contributed by atoms with Crippen molar-refractivity contribution in [1.29, 1.82) is 0 Å². The van der Waals surface area contributed by atoms with Crippen LogP contribution in [0, 0.1) is 11.8 Å². The SMILES string of the molecule is O=C1CCc2cc(c(O)c(OC3CCCC3)c2)Cc2ccc(CC(O)Cc3ccccc3)c(c2)C2CCC(Nc3[nH]ccc32)C2=Cc3[nH]ccc3C(CC3(O)C=Cc4c(O)cccc4CC3)C2C(=O)C1CCO. The van der Waals surface area contributed by atoms with Gasteiger partial charge >= 0.3 is 0 Å². The Balaban J connectivity index is 1.04. The summed E-state index contributed by atoms with van der Waals surface area (Å²) in [5.74, 6) is -1.78. The van der Waals surface area contributed by atoms with E-state index in [2.05, 4.69) is 45.6 Å². The number of Topliss-reactive ketones (excluding diaryl/α,β-unsaturated/α-hetero) is 2. The van der Waals surface area contributed by atoms with Gasteiger partial charge in [-0.15, -0.1) is 0 Å². The zero-order valence-electron chi connectivity index (χ0n) is 41.4. The Morgan fingerprint density at radius 3 is 2.44 bits per heavy atom. The summed E-state index contributed by atoms with van der Waals surface area (Å²) in [5.41, 5.74) is 9.47. The molecule has 11 heteroatoms. The Labute approximate surface area is 427 Å². The maximum Gasteiger partial charge on any atom is 0.161 e. The standard InChI is InChI=1S/C62H67N3O8/c66-28-23-49-56(69)18-14-39-30-42(59(70)57(33-39)73-44-10-4-5-11-44)29-38-13-15-41(34-43(67)31-37-7-2-1-3-8-37)50(32-38)46-16-17-53(65-61-48(46)22-27-64-61)51-35-54-47(21-26-63-54)52(58(51)60(49)71)36-62(72)24-19-40-9-6-12-55(68)45(40)20-25-62/h1-3,6-9,12-13,15,20-22,25-27,30,32-33,35,43-44,46,49,52-53,58,63-68,70,72H,4-5,10-11,14,16-19,23-24,28-29,31,34,36H2. The first-order valence-electron chi connectivity index (χ1n) is 26.6. The van der Waals surface area contributed by atoms with Crippen LogP contribution in [0.4, 0.5) is 5.82 Å². The summed E-state index contributed by atoms with van der Waals surface area (Å²) in [7, 11) is 0. The van der Waals surface area contributed by atoms with E-state index in [1.165, 1.54) is 0 Å². The first kappa shape index (κ1) is 48.6. The fraction of sp³-hybridized carbons (Fsp3) is 0.387. The molecule has 1 saturated carbocycles. The van der Waals surface area contributed by atoms with Gasteiger partial charge in [-0.05, 0) is 158 Å². The van der Waals surface area contributed by atoms with Gasteiger partial charge in [-0.3, -0.25) is 9.59 Å². The topological polar surface area (TPSA) is 188 Å². The smallest absolute Gasteiger partial charge is 0.161 e. The summed E-state index contributed by atoms with van der Waals surface area (Å²) < 4.78 is 6.54. The van der Waals surface area contributed by atoms with Gasteiger partial charge in [0.1, 0.15) is 17.4 Å². The van der Waals surface area contributed by atoms with Crippen LogP contribution in [0.2, 0.25) is 0 Å². The van der Waals surface area contributed by atoms with Crippen LogP contribution in [0.15, 0.2) is 115 Å². The van der Waals surface area contributed by atoms with E-state index < -0.39 is 29.5 Å². The van der Waals surface area contributed by atoms with Gasteiger partial charge in [0.2, 0.25) is 0 Å². The van der Waals surface area contributed by atoms with Crippen LogP contribution in [-0.2, 0) is 41.7 Å². The molecule has 4 aliphatic carbocycles. The van der Waals surface area contributed by atoms with Crippen molar-refractivity contribution in [3.63, 3.8) is 0 Å². The molecule has 6 bridgehead atoms. The Morgan fingerprint density at radius 1 is 0.781 bits per heavy atom. The van der Waals surface area contributed by atoms with E-state index in [-0.39, 0.29) is 67.0 Å². The lowest BCUT2D eigenvalue weighted by molar-refractivity contribution is -0.136. The molecule has 0 amide bonds. The van der Waals surface area contributed by atoms with E-state index in [9.17, 15) is 30.3 Å². The fourth-order valence-electron chi connectivity index (χ4n) is 13.0. The monoisotopic (exact) mass is 981 g/mol. The van der Waals surface area contributed by atoms with Crippen LogP contribution in [0.5, 0.6) is 17.2 Å². The van der Waals surface area contributed by atoms with Crippen LogP contribution in [0.3, 0.4) is 0 Å². The molecular formula is C62H67N3O8. The third kappa shape index (κ3) is 10.1. The third-order valence-electron chi connectivity index (χ3n) is 16.7. The number of ketones is 2. The van der Waals surface area contributed by atoms with Crippen molar-refractivity contribution in [2.75, 3.05) is 11.9 Å². The normalized spacial score (nSPS) is 24.4. The van der Waals surface area contributed by atoms with Gasteiger partial charge in [0.15, 0.2) is 17.3 Å². The highest BCUT2D eigenvalue weighted by atomic mass is 16.5. The predicted octanol–water partition coefficient (Wildman–Crippen LogP) is 10.2. The zero-order valence-corrected chi connectivity index (χ0v) is 41.4. The number of benzene rings is 4. The number of H-pyrrole nitrogens is 2. The van der Waals surface area contributed by atoms with Gasteiger partial charge in [-0.2, -0.15) is 0 Å². The maximum absolute atomic E-state index is 15.9. The number of rotatable bonds is 10. The summed E-state index contributed by atoms with van der Waals surface area (Å²) in [4.78, 5) is 37.8. The molecule has 4 aromatic carbocycles. The first-order chi connectivity index (χ1) is 35.5. The van der Waals surface area contributed by atoms with Gasteiger partial charge < -0.3 is 45.6 Å². The van der Waals surface area contributed by atoms with Crippen molar-refractivity contribution >= 4 is 29.5 Å². The van der Waals surface area contributed by atoms with Gasteiger partial charge in [0.05, 0.1) is 23.7 Å². The lowest BCUT2D eigenvalue weighted by Gasteiger charge is -2.40. The van der Waals surface area contributed by atoms with E-state index in [4.69, 9.17) is 4.74 Å². The Morgan fingerprint density at radius 2 is 1.60 bits per heavy atom. The molecule has 1 fully saturated rings. The van der Waals surface area contributed by atoms with Crippen molar-refractivity contribution < 1.29 is 39.9 Å². The zero-order chi connectivity index (χ0) is 50.2. The molecule has 8 N–H and O–H groups in total. The number of phenols is 2. The van der Waals surface area contributed by atoms with Crippen LogP contribution >= 0.6 is 0 Å². The largest absolute Gasteiger partial charge is 0.507 e. The highest BCUT2D eigenvalue weighted by Crippen LogP contribution is 2.50. The quantitative estimate of drug-likeness (QED) is 0.0618. The number of nitrogens with one attached hydrogen (secondary N) is 3. The number of aliphatic hydroxyl groups is 3. The van der Waals surface area contributed by atoms with Gasteiger partial charge in [-0.1, -0.05) is 78.9 Å². The number of aromatic nitrogens is 2. The predicted molar refractivity (Wildman–Crippen MR) is 283 cm³/mol. The van der Waals surface area contributed by atoms with E-state index >= 15 is 4.79 Å². The van der Waals surface area contributed by atoms with E-state index in [1.54, 1.807) is 18.2 Å². The molecule has 11 nitrogen and oxygen atoms in total. The lowest BCUT2D eigenvalue weighted by Crippen LogP contribution is -2.43. The number of hydrogen-bond donors (Lipinski definition) is 8. The number of aromatic amines is 2. The molecular weight excluding hydrogens is 915 g/mol. The highest BCUT2D eigenvalue weighted by molar-refractivity contribution is 6.05. The number of carbonyl (C=O) groups is 2. The second-order valence-corrected chi connectivity index (χ2v) is 21.5. The first-order valence-corrected chi connectivity index (χ1v) is 26.6. The Kier molecular flexibility index (Phi) is 13.8. The molecule has 0 radical (unpaired) electrons. The average Bonchev–Trinajstić information content (AvgIpc) is 4.15. The molecule has 7 atom stereocenters. The van der Waals surface area contributed by atoms with Crippen molar-refractivity contribution in [2.45, 2.75) is 132 Å². The molecule has 1 aliphatic heterocycles. The van der Waals surface area contributed by atoms with Crippen LogP contribution in [-0.4, -0.2) is 77.5 Å². The minimum absolute atomic E-state index is 0.0237. The van der Waals surface area contributed by atoms with Crippen LogP contribution in [0.1, 0.15) is 137 Å². The maximum atomic E-state index is 15.9. The second kappa shape index (κ2) is 20.7. The molecule has 11 rings (SSSR count). The van der Waals surface area contributed by atoms with E-state index in [0.29, 0.717) is 68.2 Å². The van der Waals surface area contributed by atoms with Gasteiger partial charge in [0, 0.05) is 78.0 Å². The third-order valence-corrected chi connectivity index (χ3v) is 16.7. The molecule has 3 heterocycles. The molecule has 378 valence electrons. The number of carbonyl (C=O) groups excluding carboxylic acids is 2. The number of hydrogen-bond acceptors (Lipinski definition) is 9. The molecule has 0 spiro atoms. The van der Waals surface area contributed by atoms with Crippen molar-refractivity contribution in [1.82, 2.24) is 9.97 Å². The summed E-state index contributed by atoms with van der Waals surface area (Å²) in [6.07, 6.45) is 16.6. The molecule has 0 saturated heterocycles. The van der Waals surface area contributed by atoms with Crippen molar-refractivity contribution in [3.05, 3.63) is 176 Å². The molecule has 2 aromatic heterocycles. The number of phenolic OH excluding ortho intramolecular Hbond substituents is 2. The summed E-state index contributed by atoms with van der Waals surface area (Å²) in [5, 5.41) is 61.9. The molecule has 6 aromatic rings. The van der Waals surface area contributed by atoms with Crippen molar-refractivity contribution in [2.24, 2.45) is 11.8 Å². The average molecular weight is 982 g/mol. The van der Waals surface area contributed by atoms with Crippen molar-refractivity contribution in [3.8, 4) is 17.2 Å². The minimum atomic E-state index is -1.38. The summed E-state index contributed by atoms with van der Waals surface area (Å²) in [6.45, 7) is -0.361. The number of ether oxygens (including phenoxy) is 1. The number of fused-ring (bicyclic) bond motifs is 14. The fourth-order valence-corrected chi connectivity index (χ4v) is 13.0. The Bertz CT molecular complexity index is 3050. The number of aliphatic hydroxyl groups excluding tert-OH is 2. The van der Waals surface area contributed by atoms with Gasteiger partial charge in [-0.25, -0.2) is 0 Å². The minimum Gasteiger partial charge on any atom is -0.507 e. The number of anilines is 1. The number of aryl methyl sites for hydroxylation is 2. The molecule has 7 unspecified atom stereocenters. The Hall–Kier alpha value is -6.66.